The van der Waals surface area contributed by atoms with Crippen LogP contribution in [0.4, 0.5) is 18.9 Å². The van der Waals surface area contributed by atoms with Crippen LogP contribution in [0.1, 0.15) is 5.56 Å². The molecule has 18 heavy (non-hydrogen) atoms. The van der Waals surface area contributed by atoms with Gasteiger partial charge >= 0.3 is 6.18 Å². The number of hydrogen-bond acceptors (Lipinski definition) is 3. The van der Waals surface area contributed by atoms with Crippen molar-refractivity contribution in [1.82, 2.24) is 0 Å². The second-order valence-corrected chi connectivity index (χ2v) is 6.38. The second-order valence-electron chi connectivity index (χ2n) is 4.08. The van der Waals surface area contributed by atoms with Crippen LogP contribution in [0.15, 0.2) is 18.2 Å². The summed E-state index contributed by atoms with van der Waals surface area (Å²) in [5, 5.41) is 0. The molecule has 0 unspecified atom stereocenters. The van der Waals surface area contributed by atoms with Crippen molar-refractivity contribution < 1.29 is 21.6 Å². The van der Waals surface area contributed by atoms with Gasteiger partial charge in [-0.1, -0.05) is 6.07 Å². The summed E-state index contributed by atoms with van der Waals surface area (Å²) in [5.74, 6) is -0.216. The molecule has 2 rings (SSSR count). The van der Waals surface area contributed by atoms with Crippen molar-refractivity contribution in [3.63, 3.8) is 0 Å². The Morgan fingerprint density at radius 3 is 2.39 bits per heavy atom. The molecule has 1 aliphatic heterocycles. The van der Waals surface area contributed by atoms with Gasteiger partial charge in [-0.25, -0.2) is 8.42 Å². The Labute approximate surface area is 103 Å². The Morgan fingerprint density at radius 1 is 1.22 bits per heavy atom. The van der Waals surface area contributed by atoms with Gasteiger partial charge in [0.15, 0.2) is 9.84 Å². The molecule has 7 heteroatoms. The van der Waals surface area contributed by atoms with Crippen LogP contribution >= 0.6 is 0 Å². The van der Waals surface area contributed by atoms with E-state index in [9.17, 15) is 21.6 Å². The van der Waals surface area contributed by atoms with E-state index >= 15 is 0 Å². The van der Waals surface area contributed by atoms with Gasteiger partial charge in [0, 0.05) is 18.8 Å². The van der Waals surface area contributed by atoms with Crippen LogP contribution in [-0.4, -0.2) is 33.0 Å². The van der Waals surface area contributed by atoms with Crippen LogP contribution in [0.2, 0.25) is 0 Å². The van der Waals surface area contributed by atoms with E-state index in [2.05, 4.69) is 6.07 Å². The Bertz CT molecular complexity index is 525. The number of hydrogen-bond donors (Lipinski definition) is 0. The lowest BCUT2D eigenvalue weighted by molar-refractivity contribution is -0.137. The summed E-state index contributed by atoms with van der Waals surface area (Å²) in [6, 6.07) is 6.00. The third-order valence-electron chi connectivity index (χ3n) is 2.83. The first-order valence-corrected chi connectivity index (χ1v) is 7.14. The molecule has 0 atom stereocenters. The third-order valence-corrected chi connectivity index (χ3v) is 4.44. The molecule has 0 aliphatic carbocycles. The van der Waals surface area contributed by atoms with E-state index in [-0.39, 0.29) is 30.3 Å². The van der Waals surface area contributed by atoms with Crippen molar-refractivity contribution in [3.8, 4) is 0 Å². The smallest absolute Gasteiger partial charge is 0.369 e. The molecule has 1 aromatic carbocycles. The van der Waals surface area contributed by atoms with E-state index in [0.717, 1.165) is 6.07 Å². The highest BCUT2D eigenvalue weighted by Gasteiger charge is 2.35. The summed E-state index contributed by atoms with van der Waals surface area (Å²) in [7, 11) is -3.10. The quantitative estimate of drug-likeness (QED) is 0.785. The first-order valence-electron chi connectivity index (χ1n) is 5.32. The zero-order valence-electron chi connectivity index (χ0n) is 9.37. The average molecular weight is 278 g/mol. The SMILES string of the molecule is O=S1(=O)CCN(c2cc[c]cc2C(F)(F)F)CC1. The number of alkyl halides is 3. The molecule has 0 amide bonds. The third kappa shape index (κ3) is 2.77. The molecule has 1 aliphatic rings. The molecular weight excluding hydrogens is 267 g/mol. The Hall–Kier alpha value is -1.24. The lowest BCUT2D eigenvalue weighted by Gasteiger charge is -2.30. The predicted octanol–water partition coefficient (Wildman–Crippen LogP) is 1.74. The van der Waals surface area contributed by atoms with Crippen LogP contribution in [-0.2, 0) is 16.0 Å². The Balaban J connectivity index is 2.30. The predicted molar refractivity (Wildman–Crippen MR) is 61.1 cm³/mol. The fourth-order valence-corrected chi connectivity index (χ4v) is 3.08. The highest BCUT2D eigenvalue weighted by Crippen LogP contribution is 2.36. The van der Waals surface area contributed by atoms with Gasteiger partial charge in [-0.2, -0.15) is 13.2 Å². The molecule has 0 aromatic heterocycles. The maximum Gasteiger partial charge on any atom is 0.418 e. The van der Waals surface area contributed by atoms with E-state index in [0.29, 0.717) is 0 Å². The molecule has 1 heterocycles. The zero-order valence-corrected chi connectivity index (χ0v) is 10.2. The summed E-state index contributed by atoms with van der Waals surface area (Å²) < 4.78 is 60.9. The van der Waals surface area contributed by atoms with Gasteiger partial charge in [0.25, 0.3) is 0 Å². The number of sulfone groups is 1. The maximum atomic E-state index is 12.8. The molecule has 99 valence electrons. The fraction of sp³-hybridized carbons (Fsp3) is 0.455. The summed E-state index contributed by atoms with van der Waals surface area (Å²) in [5.41, 5.74) is -0.750. The van der Waals surface area contributed by atoms with Crippen LogP contribution < -0.4 is 4.90 Å². The van der Waals surface area contributed by atoms with Crippen molar-refractivity contribution in [2.75, 3.05) is 29.5 Å². The minimum atomic E-state index is -4.45. The summed E-state index contributed by atoms with van der Waals surface area (Å²) in [6.07, 6.45) is -4.45. The molecule has 1 fully saturated rings. The van der Waals surface area contributed by atoms with E-state index in [1.54, 1.807) is 0 Å². The van der Waals surface area contributed by atoms with Gasteiger partial charge in [-0.15, -0.1) is 0 Å². The maximum absolute atomic E-state index is 12.8. The van der Waals surface area contributed by atoms with Crippen molar-refractivity contribution >= 4 is 15.5 Å². The monoisotopic (exact) mass is 278 g/mol. The van der Waals surface area contributed by atoms with Gasteiger partial charge in [-0.3, -0.25) is 0 Å². The molecule has 3 nitrogen and oxygen atoms in total. The van der Waals surface area contributed by atoms with E-state index in [4.69, 9.17) is 0 Å². The molecule has 0 N–H and O–H groups in total. The van der Waals surface area contributed by atoms with Gasteiger partial charge in [0.2, 0.25) is 0 Å². The average Bonchev–Trinajstić information content (AvgIpc) is 2.28. The van der Waals surface area contributed by atoms with Crippen LogP contribution in [0.25, 0.3) is 0 Å². The van der Waals surface area contributed by atoms with Crippen molar-refractivity contribution in [2.24, 2.45) is 0 Å². The lowest BCUT2D eigenvalue weighted by Crippen LogP contribution is -2.41. The zero-order chi connectivity index (χ0) is 13.4. The molecule has 1 saturated heterocycles. The number of benzene rings is 1. The highest BCUT2D eigenvalue weighted by molar-refractivity contribution is 7.91. The van der Waals surface area contributed by atoms with Gasteiger partial charge < -0.3 is 4.90 Å². The minimum Gasteiger partial charge on any atom is -0.369 e. The van der Waals surface area contributed by atoms with E-state index in [1.165, 1.54) is 17.0 Å². The van der Waals surface area contributed by atoms with Gasteiger partial charge in [-0.05, 0) is 18.2 Å². The van der Waals surface area contributed by atoms with Crippen molar-refractivity contribution in [3.05, 3.63) is 29.8 Å². The molecule has 1 radical (unpaired) electrons. The summed E-state index contributed by atoms with van der Waals surface area (Å²) in [4.78, 5) is 1.46. The fourth-order valence-electron chi connectivity index (χ4n) is 1.88. The number of nitrogens with zero attached hydrogens (tertiary/aromatic N) is 1. The lowest BCUT2D eigenvalue weighted by atomic mass is 10.1. The highest BCUT2D eigenvalue weighted by atomic mass is 32.2. The number of anilines is 1. The minimum absolute atomic E-state index is 0.0242. The normalized spacial score (nSPS) is 19.8. The summed E-state index contributed by atoms with van der Waals surface area (Å²) in [6.45, 7) is 0.185. The van der Waals surface area contributed by atoms with Crippen LogP contribution in [0.3, 0.4) is 0 Å². The van der Waals surface area contributed by atoms with Crippen LogP contribution in [0, 0.1) is 6.07 Å². The Morgan fingerprint density at radius 2 is 1.83 bits per heavy atom. The second kappa shape index (κ2) is 4.46. The first kappa shape index (κ1) is 13.2. The van der Waals surface area contributed by atoms with Crippen molar-refractivity contribution in [1.29, 1.82) is 0 Å². The van der Waals surface area contributed by atoms with E-state index in [1.807, 2.05) is 0 Å². The van der Waals surface area contributed by atoms with Gasteiger partial charge in [0.1, 0.15) is 0 Å². The Kier molecular flexibility index (Phi) is 3.27. The van der Waals surface area contributed by atoms with Crippen molar-refractivity contribution in [2.45, 2.75) is 6.18 Å². The molecule has 1 aromatic rings. The standard InChI is InChI=1S/C11H11F3NO2S/c12-11(13,14)9-3-1-2-4-10(9)15-5-7-18(16,17)8-6-15/h2-4H,5-8H2. The molecule has 0 saturated carbocycles. The van der Waals surface area contributed by atoms with Gasteiger partial charge in [0.05, 0.1) is 17.1 Å². The molecule has 0 spiro atoms. The molecule has 0 bridgehead atoms. The first-order chi connectivity index (χ1) is 8.30. The largest absolute Gasteiger partial charge is 0.418 e. The number of halogens is 3. The number of rotatable bonds is 1. The van der Waals surface area contributed by atoms with Crippen LogP contribution in [0.5, 0.6) is 0 Å². The molecular formula is C11H11F3NO2S. The summed E-state index contributed by atoms with van der Waals surface area (Å²) >= 11 is 0. The van der Waals surface area contributed by atoms with E-state index < -0.39 is 21.6 Å². The topological polar surface area (TPSA) is 37.4 Å².